The van der Waals surface area contributed by atoms with Gasteiger partial charge in [0.25, 0.3) is 0 Å². The van der Waals surface area contributed by atoms with Crippen LogP contribution in [0.4, 0.5) is 4.79 Å². The highest BCUT2D eigenvalue weighted by atomic mass is 16.5. The minimum absolute atomic E-state index is 0.0102. The number of carbonyl (C=O) groups is 3. The Morgan fingerprint density at radius 1 is 1.36 bits per heavy atom. The molecule has 1 aliphatic carbocycles. The molecule has 1 aromatic heterocycles. The van der Waals surface area contributed by atoms with Gasteiger partial charge >= 0.3 is 12.0 Å². The number of aliphatic hydroxyl groups excluding tert-OH is 2. The van der Waals surface area contributed by atoms with Gasteiger partial charge in [-0.05, 0) is 25.7 Å². The molecule has 9 N–H and O–H groups in total. The second-order valence-corrected chi connectivity index (χ2v) is 6.97. The van der Waals surface area contributed by atoms with E-state index in [9.17, 15) is 19.5 Å². The summed E-state index contributed by atoms with van der Waals surface area (Å²) in [6.45, 7) is 1.19. The molecule has 28 heavy (non-hydrogen) atoms. The first-order chi connectivity index (χ1) is 13.1. The van der Waals surface area contributed by atoms with Crippen LogP contribution in [0.5, 0.6) is 0 Å². The lowest BCUT2D eigenvalue weighted by Crippen LogP contribution is -2.52. The zero-order chi connectivity index (χ0) is 21.1. The Morgan fingerprint density at radius 3 is 2.50 bits per heavy atom. The van der Waals surface area contributed by atoms with Crippen molar-refractivity contribution in [1.82, 2.24) is 20.8 Å². The normalized spacial score (nSPS) is 24.5. The molecule has 0 saturated heterocycles. The van der Waals surface area contributed by atoms with Crippen LogP contribution in [0.15, 0.2) is 4.52 Å². The van der Waals surface area contributed by atoms with Gasteiger partial charge in [-0.2, -0.15) is 4.98 Å². The van der Waals surface area contributed by atoms with E-state index in [2.05, 4.69) is 20.8 Å². The highest BCUT2D eigenvalue weighted by Gasteiger charge is 2.46. The Balaban J connectivity index is 2.11. The van der Waals surface area contributed by atoms with Crippen molar-refractivity contribution in [3.05, 3.63) is 11.7 Å². The van der Waals surface area contributed by atoms with Gasteiger partial charge in [-0.15, -0.1) is 0 Å². The maximum Gasteiger partial charge on any atom is 0.328 e. The number of nitrogens with one attached hydrogen (secondary N) is 2. The number of hydrogen-bond acceptors (Lipinski definition) is 9. The van der Waals surface area contributed by atoms with Gasteiger partial charge in [0, 0.05) is 6.61 Å². The van der Waals surface area contributed by atoms with Gasteiger partial charge in [0.15, 0.2) is 11.9 Å². The van der Waals surface area contributed by atoms with Crippen LogP contribution in [-0.2, 0) is 15.1 Å². The molecular weight excluding hydrogens is 376 g/mol. The Kier molecular flexibility index (Phi) is 6.53. The van der Waals surface area contributed by atoms with Crippen LogP contribution >= 0.6 is 0 Å². The van der Waals surface area contributed by atoms with E-state index in [-0.39, 0.29) is 24.2 Å². The van der Waals surface area contributed by atoms with E-state index in [1.807, 2.05) is 0 Å². The van der Waals surface area contributed by atoms with Gasteiger partial charge in [-0.25, -0.2) is 9.59 Å². The van der Waals surface area contributed by atoms with Crippen molar-refractivity contribution < 1.29 is 34.2 Å². The van der Waals surface area contributed by atoms with Crippen LogP contribution in [0.1, 0.15) is 43.9 Å². The third-order valence-corrected chi connectivity index (χ3v) is 4.49. The lowest BCUT2D eigenvalue weighted by atomic mass is 9.69. The number of aliphatic hydroxyl groups is 2. The van der Waals surface area contributed by atoms with Crippen LogP contribution in [0.2, 0.25) is 0 Å². The fraction of sp³-hybridized carbons (Fsp3) is 0.667. The number of carbonyl (C=O) groups excluding carboxylic acids is 2. The number of aliphatic carboxylic acids is 1. The minimum Gasteiger partial charge on any atom is -0.480 e. The summed E-state index contributed by atoms with van der Waals surface area (Å²) in [6, 6.07) is -3.67. The Hall–Kier alpha value is -2.77. The van der Waals surface area contributed by atoms with E-state index >= 15 is 0 Å². The van der Waals surface area contributed by atoms with Crippen LogP contribution in [0.25, 0.3) is 0 Å². The smallest absolute Gasteiger partial charge is 0.328 e. The standard InChI is InChI=1S/C15H24N6O7/c1-6(23)10(12(25)26)19-14(27)18-8(2-9(16)24)11-20-13(21-28-11)15(17)3-7(4-15)5-22/h6-8,10,22-23H,2-5,17H2,1H3,(H2,16,24)(H,25,26)(H2,18,19,27). The van der Waals surface area contributed by atoms with Crippen LogP contribution < -0.4 is 22.1 Å². The van der Waals surface area contributed by atoms with E-state index in [0.29, 0.717) is 12.8 Å². The number of nitrogens with zero attached hydrogens (tertiary/aromatic N) is 2. The summed E-state index contributed by atoms with van der Waals surface area (Å²) in [5, 5.41) is 35.7. The summed E-state index contributed by atoms with van der Waals surface area (Å²) < 4.78 is 5.10. The summed E-state index contributed by atoms with van der Waals surface area (Å²) in [6.07, 6.45) is -0.849. The van der Waals surface area contributed by atoms with E-state index in [1.54, 1.807) is 0 Å². The first-order valence-corrected chi connectivity index (χ1v) is 8.55. The van der Waals surface area contributed by atoms with Gasteiger partial charge in [0.2, 0.25) is 11.8 Å². The quantitative estimate of drug-likeness (QED) is 0.234. The van der Waals surface area contributed by atoms with E-state index in [0.717, 1.165) is 0 Å². The number of hydrogen-bond donors (Lipinski definition) is 7. The molecule has 13 heteroatoms. The SMILES string of the molecule is CC(O)C(NC(=O)NC(CC(N)=O)c1nc(C2(N)CC(CO)C2)no1)C(=O)O. The third kappa shape index (κ3) is 4.94. The maximum atomic E-state index is 12.1. The average molecular weight is 400 g/mol. The highest BCUT2D eigenvalue weighted by molar-refractivity contribution is 5.83. The van der Waals surface area contributed by atoms with Gasteiger partial charge in [-0.3, -0.25) is 4.79 Å². The van der Waals surface area contributed by atoms with Gasteiger partial charge < -0.3 is 41.9 Å². The minimum atomic E-state index is -1.56. The van der Waals surface area contributed by atoms with Crippen molar-refractivity contribution in [2.75, 3.05) is 6.61 Å². The number of carboxylic acid groups (broad SMARTS) is 1. The second-order valence-electron chi connectivity index (χ2n) is 6.97. The van der Waals surface area contributed by atoms with Crippen molar-refractivity contribution in [2.45, 2.75) is 49.9 Å². The van der Waals surface area contributed by atoms with Crippen LogP contribution in [0, 0.1) is 5.92 Å². The van der Waals surface area contributed by atoms with Crippen molar-refractivity contribution in [2.24, 2.45) is 17.4 Å². The Labute approximate surface area is 159 Å². The first kappa shape index (κ1) is 21.5. The molecule has 3 unspecified atom stereocenters. The molecule has 156 valence electrons. The zero-order valence-electron chi connectivity index (χ0n) is 15.2. The molecule has 0 radical (unpaired) electrons. The molecule has 0 bridgehead atoms. The van der Waals surface area contributed by atoms with Gasteiger partial charge in [0.05, 0.1) is 18.1 Å². The molecule has 0 spiro atoms. The number of carboxylic acids is 1. The third-order valence-electron chi connectivity index (χ3n) is 4.49. The molecule has 3 atom stereocenters. The van der Waals surface area contributed by atoms with Crippen LogP contribution in [0.3, 0.4) is 0 Å². The molecule has 13 nitrogen and oxygen atoms in total. The van der Waals surface area contributed by atoms with E-state index in [1.165, 1.54) is 6.92 Å². The largest absolute Gasteiger partial charge is 0.480 e. The number of rotatable bonds is 9. The number of primary amides is 1. The summed E-state index contributed by atoms with van der Waals surface area (Å²) in [7, 11) is 0. The van der Waals surface area contributed by atoms with Crippen molar-refractivity contribution in [3.63, 3.8) is 0 Å². The monoisotopic (exact) mass is 400 g/mol. The van der Waals surface area contributed by atoms with Crippen molar-refractivity contribution >= 4 is 17.9 Å². The van der Waals surface area contributed by atoms with Gasteiger partial charge in [-0.1, -0.05) is 5.16 Å². The maximum absolute atomic E-state index is 12.1. The predicted molar refractivity (Wildman–Crippen MR) is 91.3 cm³/mol. The second kappa shape index (κ2) is 8.50. The molecule has 0 aromatic carbocycles. The molecule has 0 aliphatic heterocycles. The molecule has 1 heterocycles. The lowest BCUT2D eigenvalue weighted by molar-refractivity contribution is -0.141. The molecule has 1 aromatic rings. The number of nitrogens with two attached hydrogens (primary N) is 2. The Morgan fingerprint density at radius 2 is 2.00 bits per heavy atom. The topological polar surface area (TPSA) is 227 Å². The van der Waals surface area contributed by atoms with Crippen molar-refractivity contribution in [1.29, 1.82) is 0 Å². The average Bonchev–Trinajstić information content (AvgIpc) is 3.05. The molecule has 2 rings (SSSR count). The first-order valence-electron chi connectivity index (χ1n) is 8.55. The number of aromatic nitrogens is 2. The molecule has 3 amide bonds. The summed E-state index contributed by atoms with van der Waals surface area (Å²) in [5.41, 5.74) is 10.5. The van der Waals surface area contributed by atoms with E-state index < -0.39 is 48.1 Å². The number of urea groups is 1. The fourth-order valence-electron chi connectivity index (χ4n) is 2.99. The number of amides is 3. The van der Waals surface area contributed by atoms with E-state index in [4.69, 9.17) is 26.2 Å². The van der Waals surface area contributed by atoms with Gasteiger partial charge in [0.1, 0.15) is 6.04 Å². The lowest BCUT2D eigenvalue weighted by Gasteiger charge is -2.41. The van der Waals surface area contributed by atoms with Crippen LogP contribution in [-0.4, -0.2) is 62.1 Å². The molecule has 1 fully saturated rings. The molecule has 1 aliphatic rings. The predicted octanol–water partition coefficient (Wildman–Crippen LogP) is -2.32. The van der Waals surface area contributed by atoms with Crippen molar-refractivity contribution in [3.8, 4) is 0 Å². The Bertz CT molecular complexity index is 730. The highest BCUT2D eigenvalue weighted by Crippen LogP contribution is 2.42. The molecule has 1 saturated carbocycles. The summed E-state index contributed by atoms with van der Waals surface area (Å²) in [5.74, 6) is -2.15. The molecular formula is C15H24N6O7. The zero-order valence-corrected chi connectivity index (χ0v) is 15.2. The summed E-state index contributed by atoms with van der Waals surface area (Å²) >= 11 is 0. The summed E-state index contributed by atoms with van der Waals surface area (Å²) in [4.78, 5) is 38.6. The fourth-order valence-corrected chi connectivity index (χ4v) is 2.99.